The van der Waals surface area contributed by atoms with Gasteiger partial charge in [0.05, 0.1) is 5.69 Å². The Bertz CT molecular complexity index is 694. The van der Waals surface area contributed by atoms with E-state index in [2.05, 4.69) is 10.3 Å². The average Bonchev–Trinajstić information content (AvgIpc) is 3.22. The molecule has 0 bridgehead atoms. The van der Waals surface area contributed by atoms with Gasteiger partial charge < -0.3 is 11.1 Å². The van der Waals surface area contributed by atoms with E-state index in [0.29, 0.717) is 22.0 Å². The highest BCUT2D eigenvalue weighted by Gasteiger charge is 2.29. The number of amides is 1. The van der Waals surface area contributed by atoms with Gasteiger partial charge in [-0.15, -0.1) is 11.3 Å². The summed E-state index contributed by atoms with van der Waals surface area (Å²) in [5, 5.41) is 3.24. The second-order valence-electron chi connectivity index (χ2n) is 5.26. The first-order valence-corrected chi connectivity index (χ1v) is 7.65. The molecule has 2 aromatic rings. The summed E-state index contributed by atoms with van der Waals surface area (Å²) in [6, 6.07) is 4.94. The van der Waals surface area contributed by atoms with Crippen molar-refractivity contribution < 1.29 is 9.18 Å². The zero-order valence-electron chi connectivity index (χ0n) is 11.6. The maximum atomic E-state index is 14.1. The lowest BCUT2D eigenvalue weighted by Crippen LogP contribution is -2.24. The average molecular weight is 305 g/mol. The number of carbonyl (C=O) groups is 1. The summed E-state index contributed by atoms with van der Waals surface area (Å²) < 4.78 is 14.1. The highest BCUT2D eigenvalue weighted by atomic mass is 32.1. The predicted octanol–water partition coefficient (Wildman–Crippen LogP) is 2.87. The van der Waals surface area contributed by atoms with Crippen LogP contribution in [0, 0.1) is 18.7 Å². The number of carbonyl (C=O) groups excluding carboxylic acids is 1. The van der Waals surface area contributed by atoms with Crippen LogP contribution >= 0.6 is 11.3 Å². The highest BCUT2D eigenvalue weighted by molar-refractivity contribution is 7.15. The van der Waals surface area contributed by atoms with E-state index in [-0.39, 0.29) is 24.2 Å². The number of nitrogen functional groups attached to an aromatic ring is 1. The second-order valence-corrected chi connectivity index (χ2v) is 6.49. The number of aryl methyl sites for hydroxylation is 1. The second kappa shape index (κ2) is 5.44. The van der Waals surface area contributed by atoms with Crippen LogP contribution in [-0.4, -0.2) is 10.9 Å². The van der Waals surface area contributed by atoms with E-state index in [1.807, 2.05) is 13.0 Å². The van der Waals surface area contributed by atoms with Crippen LogP contribution in [0.2, 0.25) is 0 Å². The first kappa shape index (κ1) is 14.0. The maximum absolute atomic E-state index is 14.1. The highest BCUT2D eigenvalue weighted by Crippen LogP contribution is 2.30. The van der Waals surface area contributed by atoms with E-state index in [1.54, 1.807) is 6.07 Å². The minimum absolute atomic E-state index is 0.0154. The summed E-state index contributed by atoms with van der Waals surface area (Å²) in [4.78, 5) is 16.7. The van der Waals surface area contributed by atoms with Crippen LogP contribution in [0.5, 0.6) is 0 Å². The van der Waals surface area contributed by atoms with Gasteiger partial charge >= 0.3 is 0 Å². The molecule has 0 atom stereocenters. The Morgan fingerprint density at radius 3 is 2.86 bits per heavy atom. The number of benzene rings is 1. The van der Waals surface area contributed by atoms with Gasteiger partial charge in [-0.1, -0.05) is 12.1 Å². The normalized spacial score (nSPS) is 14.2. The molecule has 1 aromatic carbocycles. The van der Waals surface area contributed by atoms with Crippen LogP contribution in [0.25, 0.3) is 11.3 Å². The Kier molecular flexibility index (Phi) is 3.63. The molecule has 4 nitrogen and oxygen atoms in total. The van der Waals surface area contributed by atoms with Gasteiger partial charge in [0.25, 0.3) is 0 Å². The molecule has 0 radical (unpaired) electrons. The Hall–Kier alpha value is -1.95. The van der Waals surface area contributed by atoms with Gasteiger partial charge in [0.1, 0.15) is 5.82 Å². The molecule has 1 saturated carbocycles. The molecular formula is C15H16FN3OS. The van der Waals surface area contributed by atoms with Gasteiger partial charge in [-0.05, 0) is 25.8 Å². The van der Waals surface area contributed by atoms with E-state index < -0.39 is 0 Å². The fourth-order valence-corrected chi connectivity index (χ4v) is 2.91. The number of halogens is 1. The summed E-state index contributed by atoms with van der Waals surface area (Å²) in [5.41, 5.74) is 7.56. The quantitative estimate of drug-likeness (QED) is 0.912. The summed E-state index contributed by atoms with van der Waals surface area (Å²) in [7, 11) is 0. The topological polar surface area (TPSA) is 68.0 Å². The van der Waals surface area contributed by atoms with Gasteiger partial charge in [0.15, 0.2) is 5.13 Å². The fourth-order valence-electron chi connectivity index (χ4n) is 2.19. The molecule has 3 rings (SSSR count). The number of thiazole rings is 1. The van der Waals surface area contributed by atoms with Crippen molar-refractivity contribution in [3.8, 4) is 11.3 Å². The third-order valence-electron chi connectivity index (χ3n) is 3.54. The monoisotopic (exact) mass is 305 g/mol. The largest absolute Gasteiger partial charge is 0.375 e. The zero-order chi connectivity index (χ0) is 15.0. The minimum atomic E-state index is -0.338. The van der Waals surface area contributed by atoms with Crippen molar-refractivity contribution in [2.45, 2.75) is 26.3 Å². The van der Waals surface area contributed by atoms with Crippen molar-refractivity contribution in [1.82, 2.24) is 10.3 Å². The number of rotatable bonds is 4. The summed E-state index contributed by atoms with van der Waals surface area (Å²) in [6.07, 6.45) is 1.88. The third kappa shape index (κ3) is 3.05. The lowest BCUT2D eigenvalue weighted by atomic mass is 10.1. The van der Waals surface area contributed by atoms with Crippen molar-refractivity contribution in [2.24, 2.45) is 5.92 Å². The molecule has 3 N–H and O–H groups in total. The molecule has 0 unspecified atom stereocenters. The molecule has 1 aliphatic carbocycles. The number of anilines is 1. The molecule has 0 aliphatic heterocycles. The van der Waals surface area contributed by atoms with Gasteiger partial charge in [-0.2, -0.15) is 0 Å². The SMILES string of the molecule is Cc1sc(N)nc1-c1ccc(CNC(=O)C2CC2)c(F)c1. The molecule has 6 heteroatoms. The Labute approximate surface area is 126 Å². The fraction of sp³-hybridized carbons (Fsp3) is 0.333. The van der Waals surface area contributed by atoms with Gasteiger partial charge in [-0.25, -0.2) is 9.37 Å². The van der Waals surface area contributed by atoms with E-state index >= 15 is 0 Å². The number of nitrogens with one attached hydrogen (secondary N) is 1. The number of nitrogens with two attached hydrogens (primary N) is 1. The Morgan fingerprint density at radius 2 is 2.29 bits per heavy atom. The van der Waals surface area contributed by atoms with E-state index in [9.17, 15) is 9.18 Å². The molecule has 0 saturated heterocycles. The van der Waals surface area contributed by atoms with Crippen LogP contribution in [0.15, 0.2) is 18.2 Å². The smallest absolute Gasteiger partial charge is 0.223 e. The first-order chi connectivity index (χ1) is 10.0. The summed E-state index contributed by atoms with van der Waals surface area (Å²) in [5.74, 6) is -0.191. The molecule has 1 aromatic heterocycles. The Morgan fingerprint density at radius 1 is 1.52 bits per heavy atom. The lowest BCUT2D eigenvalue weighted by molar-refractivity contribution is -0.122. The number of hydrogen-bond donors (Lipinski definition) is 2. The number of hydrogen-bond acceptors (Lipinski definition) is 4. The number of nitrogens with zero attached hydrogens (tertiary/aromatic N) is 1. The van der Waals surface area contributed by atoms with Gasteiger partial charge in [0, 0.05) is 28.5 Å². The summed E-state index contributed by atoms with van der Waals surface area (Å²) in [6.45, 7) is 2.13. The lowest BCUT2D eigenvalue weighted by Gasteiger charge is -2.07. The summed E-state index contributed by atoms with van der Waals surface area (Å²) >= 11 is 1.39. The molecule has 1 amide bonds. The maximum Gasteiger partial charge on any atom is 0.223 e. The third-order valence-corrected chi connectivity index (χ3v) is 4.34. The van der Waals surface area contributed by atoms with E-state index in [0.717, 1.165) is 17.7 Å². The van der Waals surface area contributed by atoms with Gasteiger partial charge in [-0.3, -0.25) is 4.79 Å². The minimum Gasteiger partial charge on any atom is -0.375 e. The molecule has 1 fully saturated rings. The van der Waals surface area contributed by atoms with Crippen LogP contribution < -0.4 is 11.1 Å². The van der Waals surface area contributed by atoms with Gasteiger partial charge in [0.2, 0.25) is 5.91 Å². The van der Waals surface area contributed by atoms with Crippen LogP contribution in [0.4, 0.5) is 9.52 Å². The van der Waals surface area contributed by atoms with Crippen molar-refractivity contribution in [3.05, 3.63) is 34.5 Å². The molecule has 1 heterocycles. The van der Waals surface area contributed by atoms with E-state index in [1.165, 1.54) is 17.4 Å². The van der Waals surface area contributed by atoms with Crippen LogP contribution in [0.3, 0.4) is 0 Å². The van der Waals surface area contributed by atoms with Crippen molar-refractivity contribution in [1.29, 1.82) is 0 Å². The van der Waals surface area contributed by atoms with E-state index in [4.69, 9.17) is 5.73 Å². The van der Waals surface area contributed by atoms with Crippen LogP contribution in [-0.2, 0) is 11.3 Å². The zero-order valence-corrected chi connectivity index (χ0v) is 12.5. The van der Waals surface area contributed by atoms with Crippen LogP contribution in [0.1, 0.15) is 23.3 Å². The molecule has 0 spiro atoms. The number of aromatic nitrogens is 1. The Balaban J connectivity index is 1.76. The standard InChI is InChI=1S/C15H16FN3OS/c1-8-13(19-15(17)21-8)10-4-5-11(12(16)6-10)7-18-14(20)9-2-3-9/h4-6,9H,2-3,7H2,1H3,(H2,17,19)(H,18,20). The first-order valence-electron chi connectivity index (χ1n) is 6.84. The van der Waals surface area contributed by atoms with Crippen molar-refractivity contribution in [2.75, 3.05) is 5.73 Å². The molecule has 21 heavy (non-hydrogen) atoms. The molecule has 110 valence electrons. The predicted molar refractivity (Wildman–Crippen MR) is 81.2 cm³/mol. The molecule has 1 aliphatic rings. The molecular weight excluding hydrogens is 289 g/mol. The van der Waals surface area contributed by atoms with Crippen molar-refractivity contribution >= 4 is 22.4 Å². The van der Waals surface area contributed by atoms with Crippen molar-refractivity contribution in [3.63, 3.8) is 0 Å².